The van der Waals surface area contributed by atoms with E-state index in [1.807, 2.05) is 31.4 Å². The zero-order valence-electron chi connectivity index (χ0n) is 18.9. The smallest absolute Gasteiger partial charge is 0.360 e. The quantitative estimate of drug-likeness (QED) is 0.334. The number of aromatic amines is 1. The average molecular weight is 463 g/mol. The van der Waals surface area contributed by atoms with Gasteiger partial charge in [0.1, 0.15) is 16.9 Å². The number of thiazole rings is 1. The number of nitrogens with zero attached hydrogens (tertiary/aromatic N) is 5. The molecule has 168 valence electrons. The van der Waals surface area contributed by atoms with Crippen LogP contribution in [-0.2, 0) is 4.74 Å². The van der Waals surface area contributed by atoms with Gasteiger partial charge in [0.05, 0.1) is 41.5 Å². The van der Waals surface area contributed by atoms with Gasteiger partial charge in [0.15, 0.2) is 5.69 Å². The van der Waals surface area contributed by atoms with Crippen molar-refractivity contribution < 1.29 is 14.3 Å². The molecule has 1 N–H and O–H groups in total. The van der Waals surface area contributed by atoms with Crippen LogP contribution in [0.15, 0.2) is 18.3 Å². The molecule has 33 heavy (non-hydrogen) atoms. The lowest BCUT2D eigenvalue weighted by atomic mass is 10.1. The highest BCUT2D eigenvalue weighted by Crippen LogP contribution is 2.31. The van der Waals surface area contributed by atoms with Crippen LogP contribution in [0.25, 0.3) is 27.7 Å². The van der Waals surface area contributed by atoms with Crippen LogP contribution in [0.5, 0.6) is 5.88 Å². The van der Waals surface area contributed by atoms with Gasteiger partial charge in [0.2, 0.25) is 5.88 Å². The Morgan fingerprint density at radius 2 is 2.09 bits per heavy atom. The highest BCUT2D eigenvalue weighted by atomic mass is 32.1. The van der Waals surface area contributed by atoms with Crippen LogP contribution in [-0.4, -0.2) is 44.2 Å². The molecule has 0 unspecified atom stereocenters. The zero-order chi connectivity index (χ0) is 23.7. The second-order valence-corrected chi connectivity index (χ2v) is 8.45. The van der Waals surface area contributed by atoms with Gasteiger partial charge >= 0.3 is 5.97 Å². The number of rotatable bonds is 6. The lowest BCUT2D eigenvalue weighted by Crippen LogP contribution is -2.10. The summed E-state index contributed by atoms with van der Waals surface area (Å²) >= 11 is 1.42. The predicted octanol–water partition coefficient (Wildman–Crippen LogP) is 4.38. The van der Waals surface area contributed by atoms with Gasteiger partial charge in [0.25, 0.3) is 0 Å². The minimum absolute atomic E-state index is 0.275. The standard InChI is InChI=1S/C23H22N6O3S/c1-6-32-23(30)20-22(33-14(4)26-20)29-12(2)7-15(13(29)3)8-16(10-24)21-27-17-9-19(31-5)25-11-18(17)28-21/h7-9,11H,6H2,1-5H3,(H,27,28)/b16-8+. The molecular weight excluding hydrogens is 440 g/mol. The van der Waals surface area contributed by atoms with Crippen molar-refractivity contribution in [3.63, 3.8) is 0 Å². The molecule has 0 atom stereocenters. The Balaban J connectivity index is 1.78. The van der Waals surface area contributed by atoms with Crippen molar-refractivity contribution in [3.8, 4) is 17.0 Å². The van der Waals surface area contributed by atoms with Crippen LogP contribution in [0.1, 0.15) is 45.2 Å². The summed E-state index contributed by atoms with van der Waals surface area (Å²) in [5.74, 6) is 0.433. The van der Waals surface area contributed by atoms with E-state index in [2.05, 4.69) is 26.0 Å². The van der Waals surface area contributed by atoms with Crippen molar-refractivity contribution in [2.24, 2.45) is 0 Å². The van der Waals surface area contributed by atoms with Crippen LogP contribution in [0.4, 0.5) is 0 Å². The molecule has 0 aliphatic carbocycles. The van der Waals surface area contributed by atoms with Crippen LogP contribution < -0.4 is 4.74 Å². The first-order valence-electron chi connectivity index (χ1n) is 10.2. The number of fused-ring (bicyclic) bond motifs is 1. The van der Waals surface area contributed by atoms with Crippen molar-refractivity contribution >= 4 is 40.0 Å². The van der Waals surface area contributed by atoms with Crippen LogP contribution in [0.3, 0.4) is 0 Å². The van der Waals surface area contributed by atoms with Crippen molar-refractivity contribution in [1.82, 2.24) is 24.5 Å². The van der Waals surface area contributed by atoms with Crippen molar-refractivity contribution in [3.05, 3.63) is 51.8 Å². The maximum atomic E-state index is 12.4. The van der Waals surface area contributed by atoms with Gasteiger partial charge in [-0.25, -0.2) is 19.7 Å². The SMILES string of the molecule is CCOC(=O)c1nc(C)sc1-n1c(C)cc(/C=C(\C#N)c2nc3cc(OC)ncc3[nH]2)c1C. The molecule has 4 rings (SSSR count). The highest BCUT2D eigenvalue weighted by Gasteiger charge is 2.23. The first-order chi connectivity index (χ1) is 15.9. The number of carbonyl (C=O) groups is 1. The van der Waals surface area contributed by atoms with Gasteiger partial charge in [-0.2, -0.15) is 5.26 Å². The average Bonchev–Trinajstić information content (AvgIpc) is 3.46. The lowest BCUT2D eigenvalue weighted by Gasteiger charge is -2.09. The maximum absolute atomic E-state index is 12.4. The van der Waals surface area contributed by atoms with E-state index in [-0.39, 0.29) is 12.3 Å². The van der Waals surface area contributed by atoms with E-state index < -0.39 is 5.97 Å². The van der Waals surface area contributed by atoms with Gasteiger partial charge in [-0.1, -0.05) is 0 Å². The van der Waals surface area contributed by atoms with Crippen molar-refractivity contribution in [2.45, 2.75) is 27.7 Å². The molecule has 4 aromatic rings. The Morgan fingerprint density at radius 1 is 1.30 bits per heavy atom. The first-order valence-corrected chi connectivity index (χ1v) is 11.0. The molecular formula is C23H22N6O3S. The number of aromatic nitrogens is 5. The molecule has 0 bridgehead atoms. The summed E-state index contributed by atoms with van der Waals surface area (Å²) < 4.78 is 12.3. The topological polar surface area (TPSA) is 119 Å². The Hall–Kier alpha value is -3.97. The van der Waals surface area contributed by atoms with E-state index in [0.717, 1.165) is 22.0 Å². The Labute approximate surface area is 194 Å². The first kappa shape index (κ1) is 22.2. The van der Waals surface area contributed by atoms with E-state index in [1.165, 1.54) is 18.4 Å². The Kier molecular flexibility index (Phi) is 5.98. The van der Waals surface area contributed by atoms with Gasteiger partial charge in [-0.15, -0.1) is 11.3 Å². The minimum atomic E-state index is -0.453. The third-order valence-electron chi connectivity index (χ3n) is 5.09. The fourth-order valence-electron chi connectivity index (χ4n) is 3.59. The summed E-state index contributed by atoms with van der Waals surface area (Å²) in [6, 6.07) is 5.89. The molecule has 0 aromatic carbocycles. The Bertz CT molecular complexity index is 1440. The number of ether oxygens (including phenoxy) is 2. The molecule has 0 saturated heterocycles. The number of carbonyl (C=O) groups excluding carboxylic acids is 1. The number of imidazole rings is 1. The number of methoxy groups -OCH3 is 1. The van der Waals surface area contributed by atoms with E-state index >= 15 is 0 Å². The third-order valence-corrected chi connectivity index (χ3v) is 6.04. The second-order valence-electron chi connectivity index (χ2n) is 7.27. The largest absolute Gasteiger partial charge is 0.481 e. The molecule has 4 heterocycles. The predicted molar refractivity (Wildman–Crippen MR) is 126 cm³/mol. The third kappa shape index (κ3) is 4.10. The number of hydrogen-bond acceptors (Lipinski definition) is 8. The monoisotopic (exact) mass is 462 g/mol. The van der Waals surface area contributed by atoms with Crippen molar-refractivity contribution in [1.29, 1.82) is 5.26 Å². The number of hydrogen-bond donors (Lipinski definition) is 1. The summed E-state index contributed by atoms with van der Waals surface area (Å²) in [5, 5.41) is 11.3. The minimum Gasteiger partial charge on any atom is -0.481 e. The number of allylic oxidation sites excluding steroid dienone is 1. The number of pyridine rings is 1. The molecule has 0 amide bonds. The van der Waals surface area contributed by atoms with Crippen LogP contribution in [0, 0.1) is 32.1 Å². The fraction of sp³-hybridized carbons (Fsp3) is 0.261. The van der Waals surface area contributed by atoms with Crippen molar-refractivity contribution in [2.75, 3.05) is 13.7 Å². The lowest BCUT2D eigenvalue weighted by molar-refractivity contribution is 0.0520. The highest BCUT2D eigenvalue weighted by molar-refractivity contribution is 7.14. The number of esters is 1. The van der Waals surface area contributed by atoms with Gasteiger partial charge < -0.3 is 19.0 Å². The van der Waals surface area contributed by atoms with Gasteiger partial charge in [-0.05, 0) is 45.4 Å². The summed E-state index contributed by atoms with van der Waals surface area (Å²) in [5.41, 5.74) is 4.63. The number of aryl methyl sites for hydroxylation is 2. The molecule has 9 nitrogen and oxygen atoms in total. The number of H-pyrrole nitrogens is 1. The van der Waals surface area contributed by atoms with E-state index in [1.54, 1.807) is 25.3 Å². The summed E-state index contributed by atoms with van der Waals surface area (Å²) in [4.78, 5) is 28.7. The fourth-order valence-corrected chi connectivity index (χ4v) is 4.60. The van der Waals surface area contributed by atoms with Gasteiger partial charge in [0, 0.05) is 17.5 Å². The molecule has 4 aromatic heterocycles. The molecule has 10 heteroatoms. The molecule has 0 aliphatic heterocycles. The molecule has 0 saturated carbocycles. The maximum Gasteiger partial charge on any atom is 0.360 e. The second kappa shape index (κ2) is 8.88. The van der Waals surface area contributed by atoms with E-state index in [4.69, 9.17) is 9.47 Å². The zero-order valence-corrected chi connectivity index (χ0v) is 19.7. The van der Waals surface area contributed by atoms with E-state index in [0.29, 0.717) is 33.3 Å². The Morgan fingerprint density at radius 3 is 2.79 bits per heavy atom. The molecule has 0 fully saturated rings. The van der Waals surface area contributed by atoms with E-state index in [9.17, 15) is 10.1 Å². The molecule has 0 radical (unpaired) electrons. The summed E-state index contributed by atoms with van der Waals surface area (Å²) in [7, 11) is 1.54. The van der Waals surface area contributed by atoms with Crippen LogP contribution in [0.2, 0.25) is 0 Å². The normalized spacial score (nSPS) is 11.6. The molecule has 0 aliphatic rings. The number of nitrogens with one attached hydrogen (secondary N) is 1. The number of nitriles is 1. The summed E-state index contributed by atoms with van der Waals surface area (Å²) in [6.07, 6.45) is 3.40. The molecule has 0 spiro atoms. The van der Waals surface area contributed by atoms with Crippen LogP contribution >= 0.6 is 11.3 Å². The summed E-state index contributed by atoms with van der Waals surface area (Å²) in [6.45, 7) is 7.77. The van der Waals surface area contributed by atoms with Gasteiger partial charge in [-0.3, -0.25) is 0 Å².